The molecule has 7 heteroatoms. The number of carboxylic acids is 1. The van der Waals surface area contributed by atoms with E-state index in [9.17, 15) is 26.7 Å². The summed E-state index contributed by atoms with van der Waals surface area (Å²) in [4.78, 5) is 10.3. The van der Waals surface area contributed by atoms with E-state index in [1.54, 1.807) is 0 Å². The van der Waals surface area contributed by atoms with Crippen molar-refractivity contribution in [2.45, 2.75) is 19.0 Å². The second kappa shape index (κ2) is 5.32. The van der Waals surface area contributed by atoms with Gasteiger partial charge in [-0.1, -0.05) is 0 Å². The predicted octanol–water partition coefficient (Wildman–Crippen LogP) is 3.16. The Morgan fingerprint density at radius 2 is 1.67 bits per heavy atom. The molecule has 1 atom stereocenters. The minimum atomic E-state index is -4.73. The molecule has 0 aromatic heterocycles. The summed E-state index contributed by atoms with van der Waals surface area (Å²) < 4.78 is 63.1. The maximum Gasteiger partial charge on any atom is 0.392 e. The molecule has 1 aromatic carbocycles. The Morgan fingerprint density at radius 1 is 1.17 bits per heavy atom. The third-order valence-corrected chi connectivity index (χ3v) is 2.29. The molecule has 18 heavy (non-hydrogen) atoms. The van der Waals surface area contributed by atoms with Crippen LogP contribution in [0.4, 0.5) is 22.0 Å². The number of benzene rings is 1. The molecule has 0 aliphatic heterocycles. The Bertz CT molecular complexity index is 421. The maximum atomic E-state index is 12.8. The Hall–Kier alpha value is -1.66. The van der Waals surface area contributed by atoms with Crippen molar-refractivity contribution in [1.29, 1.82) is 0 Å². The summed E-state index contributed by atoms with van der Waals surface area (Å²) in [6.07, 6.45) is -6.65. The minimum absolute atomic E-state index is 0.226. The van der Waals surface area contributed by atoms with Crippen molar-refractivity contribution in [1.82, 2.24) is 0 Å². The van der Waals surface area contributed by atoms with Gasteiger partial charge in [-0.05, 0) is 24.1 Å². The summed E-state index contributed by atoms with van der Waals surface area (Å²) in [7, 11) is 0. The van der Waals surface area contributed by atoms with Gasteiger partial charge in [-0.2, -0.15) is 13.2 Å². The Labute approximate surface area is 99.0 Å². The number of carbonyl (C=O) groups is 1. The third kappa shape index (κ3) is 4.31. The number of alkyl halides is 3. The van der Waals surface area contributed by atoms with E-state index < -0.39 is 42.5 Å². The molecule has 0 spiro atoms. The van der Waals surface area contributed by atoms with Gasteiger partial charge in [-0.25, -0.2) is 8.78 Å². The summed E-state index contributed by atoms with van der Waals surface area (Å²) in [5, 5.41) is 8.39. The number of rotatable bonds is 4. The van der Waals surface area contributed by atoms with Crippen LogP contribution >= 0.6 is 0 Å². The van der Waals surface area contributed by atoms with Gasteiger partial charge in [-0.15, -0.1) is 0 Å². The van der Waals surface area contributed by atoms with Gasteiger partial charge in [-0.3, -0.25) is 4.79 Å². The van der Waals surface area contributed by atoms with Gasteiger partial charge in [0.2, 0.25) is 0 Å². The van der Waals surface area contributed by atoms with Gasteiger partial charge in [0.1, 0.15) is 11.6 Å². The lowest BCUT2D eigenvalue weighted by Gasteiger charge is -2.18. The molecule has 1 unspecified atom stereocenters. The zero-order valence-electron chi connectivity index (χ0n) is 8.97. The molecule has 0 heterocycles. The van der Waals surface area contributed by atoms with Crippen LogP contribution in [0.5, 0.6) is 0 Å². The van der Waals surface area contributed by atoms with Crippen molar-refractivity contribution in [3.63, 3.8) is 0 Å². The van der Waals surface area contributed by atoms with E-state index in [0.717, 1.165) is 12.1 Å². The number of aliphatic carboxylic acids is 1. The first kappa shape index (κ1) is 14.4. The van der Waals surface area contributed by atoms with E-state index in [0.29, 0.717) is 6.07 Å². The topological polar surface area (TPSA) is 37.3 Å². The summed E-state index contributed by atoms with van der Waals surface area (Å²) in [5.74, 6) is -5.78. The Kier molecular flexibility index (Phi) is 4.26. The number of halogens is 5. The zero-order valence-corrected chi connectivity index (χ0v) is 8.97. The molecule has 0 saturated heterocycles. The lowest BCUT2D eigenvalue weighted by Crippen LogP contribution is -2.27. The first-order chi connectivity index (χ1) is 8.18. The van der Waals surface area contributed by atoms with Crippen LogP contribution < -0.4 is 0 Å². The molecule has 0 saturated carbocycles. The van der Waals surface area contributed by atoms with Crippen LogP contribution in [0.25, 0.3) is 0 Å². The second-order valence-electron chi connectivity index (χ2n) is 3.82. The van der Waals surface area contributed by atoms with Gasteiger partial charge in [0, 0.05) is 6.07 Å². The van der Waals surface area contributed by atoms with E-state index in [2.05, 4.69) is 0 Å². The van der Waals surface area contributed by atoms with E-state index in [1.165, 1.54) is 0 Å². The quantitative estimate of drug-likeness (QED) is 0.852. The summed E-state index contributed by atoms with van der Waals surface area (Å²) in [5.41, 5.74) is -0.226. The predicted molar refractivity (Wildman–Crippen MR) is 51.9 cm³/mol. The molecule has 2 nitrogen and oxygen atoms in total. The molecule has 1 aromatic rings. The first-order valence-electron chi connectivity index (χ1n) is 4.92. The van der Waals surface area contributed by atoms with E-state index in [-0.39, 0.29) is 5.56 Å². The molecule has 0 radical (unpaired) electrons. The number of carboxylic acid groups (broad SMARTS) is 1. The maximum absolute atomic E-state index is 12.8. The zero-order chi connectivity index (χ0) is 13.9. The molecular weight excluding hydrogens is 259 g/mol. The van der Waals surface area contributed by atoms with Crippen molar-refractivity contribution in [2.24, 2.45) is 5.92 Å². The molecule has 0 amide bonds. The van der Waals surface area contributed by atoms with Crippen molar-refractivity contribution in [3.8, 4) is 0 Å². The number of hydrogen-bond donors (Lipinski definition) is 1. The van der Waals surface area contributed by atoms with Gasteiger partial charge >= 0.3 is 12.1 Å². The van der Waals surface area contributed by atoms with Crippen LogP contribution in [-0.2, 0) is 11.2 Å². The van der Waals surface area contributed by atoms with Gasteiger partial charge in [0.05, 0.1) is 12.3 Å². The smallest absolute Gasteiger partial charge is 0.392 e. The standard InChI is InChI=1S/C11H9F5O2/c12-8-2-6(3-9(13)5-8)1-7(4-10(17)18)11(14,15)16/h2-3,5,7H,1,4H2,(H,17,18). The second-order valence-corrected chi connectivity index (χ2v) is 3.82. The van der Waals surface area contributed by atoms with Crippen LogP contribution in [0.3, 0.4) is 0 Å². The van der Waals surface area contributed by atoms with Crippen molar-refractivity contribution >= 4 is 5.97 Å². The van der Waals surface area contributed by atoms with Crippen molar-refractivity contribution in [3.05, 3.63) is 35.4 Å². The van der Waals surface area contributed by atoms with Crippen LogP contribution in [-0.4, -0.2) is 17.3 Å². The van der Waals surface area contributed by atoms with Gasteiger partial charge in [0.25, 0.3) is 0 Å². The molecular formula is C11H9F5O2. The lowest BCUT2D eigenvalue weighted by molar-refractivity contribution is -0.182. The van der Waals surface area contributed by atoms with E-state index >= 15 is 0 Å². The molecule has 100 valence electrons. The largest absolute Gasteiger partial charge is 0.481 e. The van der Waals surface area contributed by atoms with Gasteiger partial charge in [0.15, 0.2) is 0 Å². The van der Waals surface area contributed by atoms with Crippen molar-refractivity contribution in [2.75, 3.05) is 0 Å². The van der Waals surface area contributed by atoms with Gasteiger partial charge < -0.3 is 5.11 Å². The fourth-order valence-corrected chi connectivity index (χ4v) is 1.53. The average Bonchev–Trinajstić information content (AvgIpc) is 2.12. The highest BCUT2D eigenvalue weighted by atomic mass is 19.4. The molecule has 1 N–H and O–H groups in total. The normalized spacial score (nSPS) is 13.4. The monoisotopic (exact) mass is 268 g/mol. The first-order valence-corrected chi connectivity index (χ1v) is 4.92. The average molecular weight is 268 g/mol. The van der Waals surface area contributed by atoms with Crippen LogP contribution in [0.2, 0.25) is 0 Å². The molecule has 0 aliphatic carbocycles. The van der Waals surface area contributed by atoms with E-state index in [1.807, 2.05) is 0 Å². The summed E-state index contributed by atoms with van der Waals surface area (Å²) in [6.45, 7) is 0. The fraction of sp³-hybridized carbons (Fsp3) is 0.364. The number of hydrogen-bond acceptors (Lipinski definition) is 1. The van der Waals surface area contributed by atoms with Crippen molar-refractivity contribution < 1.29 is 31.9 Å². The summed E-state index contributed by atoms with van der Waals surface area (Å²) >= 11 is 0. The van der Waals surface area contributed by atoms with Crippen LogP contribution in [0.1, 0.15) is 12.0 Å². The third-order valence-electron chi connectivity index (χ3n) is 2.29. The van der Waals surface area contributed by atoms with Crippen LogP contribution in [0.15, 0.2) is 18.2 Å². The Balaban J connectivity index is 2.92. The molecule has 0 fully saturated rings. The lowest BCUT2D eigenvalue weighted by atomic mass is 9.95. The minimum Gasteiger partial charge on any atom is -0.481 e. The fourth-order valence-electron chi connectivity index (χ4n) is 1.53. The SMILES string of the molecule is O=C(O)CC(Cc1cc(F)cc(F)c1)C(F)(F)F. The molecule has 0 aliphatic rings. The Morgan fingerprint density at radius 3 is 2.06 bits per heavy atom. The molecule has 0 bridgehead atoms. The van der Waals surface area contributed by atoms with E-state index in [4.69, 9.17) is 5.11 Å². The highest BCUT2D eigenvalue weighted by Crippen LogP contribution is 2.32. The van der Waals surface area contributed by atoms with Crippen LogP contribution in [0, 0.1) is 17.6 Å². The highest BCUT2D eigenvalue weighted by Gasteiger charge is 2.40. The highest BCUT2D eigenvalue weighted by molar-refractivity contribution is 5.67. The summed E-state index contributed by atoms with van der Waals surface area (Å²) in [6, 6.07) is 2.04. The molecule has 1 rings (SSSR count).